The number of methoxy groups -OCH3 is 2. The number of ether oxygens (including phenoxy) is 2. The summed E-state index contributed by atoms with van der Waals surface area (Å²) >= 11 is 0. The van der Waals surface area contributed by atoms with Gasteiger partial charge in [0, 0.05) is 30.8 Å². The third kappa shape index (κ3) is 3.69. The van der Waals surface area contributed by atoms with Gasteiger partial charge in [-0.1, -0.05) is 0 Å². The number of hydrogen-bond donors (Lipinski definition) is 1. The lowest BCUT2D eigenvalue weighted by Gasteiger charge is -2.26. The Morgan fingerprint density at radius 1 is 1.19 bits per heavy atom. The largest absolute Gasteiger partial charge is 0.497 e. The third-order valence-electron chi connectivity index (χ3n) is 4.46. The van der Waals surface area contributed by atoms with E-state index in [1.54, 1.807) is 14.2 Å². The van der Waals surface area contributed by atoms with Crippen LogP contribution in [-0.2, 0) is 0 Å². The zero-order valence-corrected chi connectivity index (χ0v) is 12.9. The van der Waals surface area contributed by atoms with Crippen molar-refractivity contribution < 1.29 is 14.6 Å². The summed E-state index contributed by atoms with van der Waals surface area (Å²) in [7, 11) is 3.27. The first-order valence-corrected chi connectivity index (χ1v) is 7.85. The van der Waals surface area contributed by atoms with Crippen LogP contribution in [0.3, 0.4) is 0 Å². The highest BCUT2D eigenvalue weighted by atomic mass is 16.5. The highest BCUT2D eigenvalue weighted by Gasteiger charge is 2.35. The fourth-order valence-corrected chi connectivity index (χ4v) is 2.86. The zero-order valence-electron chi connectivity index (χ0n) is 12.9. The van der Waals surface area contributed by atoms with Crippen LogP contribution >= 0.6 is 0 Å². The van der Waals surface area contributed by atoms with Crippen molar-refractivity contribution in [2.24, 2.45) is 5.92 Å². The van der Waals surface area contributed by atoms with Crippen molar-refractivity contribution in [2.45, 2.75) is 37.8 Å². The molecule has 0 aromatic heterocycles. The van der Waals surface area contributed by atoms with Crippen LogP contribution in [0.15, 0.2) is 18.2 Å². The molecule has 1 N–H and O–H groups in total. The summed E-state index contributed by atoms with van der Waals surface area (Å²) in [5.74, 6) is 2.31. The summed E-state index contributed by atoms with van der Waals surface area (Å²) in [6.07, 6.45) is 4.75. The molecule has 0 bridgehead atoms. The summed E-state index contributed by atoms with van der Waals surface area (Å²) in [5.41, 5.74) is 0.847. The number of nitrogens with zero attached hydrogens (tertiary/aromatic N) is 1. The highest BCUT2D eigenvalue weighted by Crippen LogP contribution is 2.37. The Bertz CT molecular complexity index is 483. The van der Waals surface area contributed by atoms with Gasteiger partial charge in [0.1, 0.15) is 11.5 Å². The van der Waals surface area contributed by atoms with E-state index in [9.17, 15) is 5.11 Å². The van der Waals surface area contributed by atoms with Gasteiger partial charge in [0.25, 0.3) is 0 Å². The van der Waals surface area contributed by atoms with Crippen LogP contribution in [0.2, 0.25) is 0 Å². The summed E-state index contributed by atoms with van der Waals surface area (Å²) < 4.78 is 10.6. The minimum Gasteiger partial charge on any atom is -0.497 e. The van der Waals surface area contributed by atoms with Gasteiger partial charge in [0.05, 0.1) is 20.3 Å². The van der Waals surface area contributed by atoms with E-state index in [1.165, 1.54) is 25.7 Å². The van der Waals surface area contributed by atoms with Crippen LogP contribution in [-0.4, -0.2) is 43.4 Å². The first kappa shape index (κ1) is 14.7. The smallest absolute Gasteiger partial charge is 0.128 e. The fourth-order valence-electron chi connectivity index (χ4n) is 2.86. The first-order chi connectivity index (χ1) is 10.2. The molecular weight excluding hydrogens is 266 g/mol. The van der Waals surface area contributed by atoms with Crippen molar-refractivity contribution in [3.8, 4) is 11.5 Å². The van der Waals surface area contributed by atoms with Crippen LogP contribution in [0.25, 0.3) is 0 Å². The Kier molecular flexibility index (Phi) is 4.36. The number of aliphatic hydroxyl groups is 1. The maximum absolute atomic E-state index is 10.6. The molecule has 2 aliphatic carbocycles. The molecule has 1 unspecified atom stereocenters. The van der Waals surface area contributed by atoms with Gasteiger partial charge in [0.2, 0.25) is 0 Å². The molecular formula is C17H25NO3. The standard InChI is InChI=1S/C17H25NO3/c1-20-14-7-8-15(17(9-14)21-2)16(19)11-18(13-5-6-13)10-12-3-4-12/h7-9,12-13,16,19H,3-6,10-11H2,1-2H3. The molecule has 4 nitrogen and oxygen atoms in total. The SMILES string of the molecule is COc1ccc(C(O)CN(CC2CC2)C2CC2)c(OC)c1. The van der Waals surface area contributed by atoms with E-state index >= 15 is 0 Å². The van der Waals surface area contributed by atoms with Crippen LogP contribution in [0.4, 0.5) is 0 Å². The lowest BCUT2D eigenvalue weighted by atomic mass is 10.1. The van der Waals surface area contributed by atoms with Gasteiger partial charge >= 0.3 is 0 Å². The van der Waals surface area contributed by atoms with Crippen molar-refractivity contribution in [1.29, 1.82) is 0 Å². The molecule has 2 saturated carbocycles. The van der Waals surface area contributed by atoms with Crippen molar-refractivity contribution in [3.63, 3.8) is 0 Å². The number of aliphatic hydroxyl groups excluding tert-OH is 1. The van der Waals surface area contributed by atoms with Gasteiger partial charge in [-0.2, -0.15) is 0 Å². The molecule has 4 heteroatoms. The first-order valence-electron chi connectivity index (χ1n) is 7.85. The van der Waals surface area contributed by atoms with Gasteiger partial charge < -0.3 is 14.6 Å². The van der Waals surface area contributed by atoms with Crippen LogP contribution in [0, 0.1) is 5.92 Å². The average molecular weight is 291 g/mol. The van der Waals surface area contributed by atoms with E-state index in [0.717, 1.165) is 23.8 Å². The highest BCUT2D eigenvalue weighted by molar-refractivity contribution is 5.42. The molecule has 0 saturated heterocycles. The quantitative estimate of drug-likeness (QED) is 0.799. The monoisotopic (exact) mass is 291 g/mol. The van der Waals surface area contributed by atoms with Crippen molar-refractivity contribution in [1.82, 2.24) is 4.90 Å². The second kappa shape index (κ2) is 6.24. The lowest BCUT2D eigenvalue weighted by molar-refractivity contribution is 0.103. The molecule has 116 valence electrons. The molecule has 0 amide bonds. The number of benzene rings is 1. The number of hydrogen-bond acceptors (Lipinski definition) is 4. The summed E-state index contributed by atoms with van der Waals surface area (Å²) in [4.78, 5) is 2.46. The zero-order chi connectivity index (χ0) is 14.8. The normalized spacial score (nSPS) is 19.6. The molecule has 0 heterocycles. The maximum atomic E-state index is 10.6. The molecule has 1 aromatic carbocycles. The molecule has 21 heavy (non-hydrogen) atoms. The fraction of sp³-hybridized carbons (Fsp3) is 0.647. The van der Waals surface area contributed by atoms with E-state index in [2.05, 4.69) is 4.90 Å². The Labute approximate surface area is 126 Å². The van der Waals surface area contributed by atoms with Crippen molar-refractivity contribution in [2.75, 3.05) is 27.3 Å². The van der Waals surface area contributed by atoms with Gasteiger partial charge in [-0.05, 0) is 43.7 Å². The van der Waals surface area contributed by atoms with Crippen molar-refractivity contribution >= 4 is 0 Å². The predicted molar refractivity (Wildman–Crippen MR) is 81.8 cm³/mol. The molecule has 0 spiro atoms. The number of rotatable bonds is 8. The van der Waals surface area contributed by atoms with E-state index in [0.29, 0.717) is 18.3 Å². The van der Waals surface area contributed by atoms with Gasteiger partial charge in [0.15, 0.2) is 0 Å². The topological polar surface area (TPSA) is 41.9 Å². The van der Waals surface area contributed by atoms with Gasteiger partial charge in [-0.25, -0.2) is 0 Å². The summed E-state index contributed by atoms with van der Waals surface area (Å²) in [5, 5.41) is 10.6. The molecule has 0 aliphatic heterocycles. The molecule has 0 radical (unpaired) electrons. The Balaban J connectivity index is 1.69. The second-order valence-corrected chi connectivity index (χ2v) is 6.25. The Morgan fingerprint density at radius 3 is 2.52 bits per heavy atom. The summed E-state index contributed by atoms with van der Waals surface area (Å²) in [6.45, 7) is 1.84. The molecule has 1 aromatic rings. The van der Waals surface area contributed by atoms with Crippen LogP contribution < -0.4 is 9.47 Å². The van der Waals surface area contributed by atoms with Crippen molar-refractivity contribution in [3.05, 3.63) is 23.8 Å². The molecule has 1 atom stereocenters. The predicted octanol–water partition coefficient (Wildman–Crippen LogP) is 2.61. The van der Waals surface area contributed by atoms with Gasteiger partial charge in [-0.3, -0.25) is 4.90 Å². The van der Waals surface area contributed by atoms with Crippen LogP contribution in [0.1, 0.15) is 37.4 Å². The Hall–Kier alpha value is -1.26. The molecule has 3 rings (SSSR count). The van der Waals surface area contributed by atoms with E-state index in [4.69, 9.17) is 9.47 Å². The summed E-state index contributed by atoms with van der Waals surface area (Å²) in [6, 6.07) is 6.30. The third-order valence-corrected chi connectivity index (χ3v) is 4.46. The van der Waals surface area contributed by atoms with Gasteiger partial charge in [-0.15, -0.1) is 0 Å². The molecule has 2 aliphatic rings. The lowest BCUT2D eigenvalue weighted by Crippen LogP contribution is -2.32. The maximum Gasteiger partial charge on any atom is 0.128 e. The van der Waals surface area contributed by atoms with Crippen LogP contribution in [0.5, 0.6) is 11.5 Å². The second-order valence-electron chi connectivity index (χ2n) is 6.25. The van der Waals surface area contributed by atoms with E-state index in [-0.39, 0.29) is 0 Å². The van der Waals surface area contributed by atoms with E-state index < -0.39 is 6.10 Å². The Morgan fingerprint density at radius 2 is 1.95 bits per heavy atom. The molecule has 2 fully saturated rings. The minimum atomic E-state index is -0.509. The van der Waals surface area contributed by atoms with E-state index in [1.807, 2.05) is 18.2 Å². The average Bonchev–Trinajstić information content (AvgIpc) is 3.38. The minimum absolute atomic E-state index is 0.509.